The fraction of sp³-hybridized carbons (Fsp3) is 0.824. The van der Waals surface area contributed by atoms with Gasteiger partial charge in [-0.3, -0.25) is 14.4 Å². The summed E-state index contributed by atoms with van der Waals surface area (Å²) in [7, 11) is 0. The molecule has 0 radical (unpaired) electrons. The van der Waals surface area contributed by atoms with E-state index in [4.69, 9.17) is 21.1 Å². The number of likely N-dealkylation sites (tertiary alicyclic amines) is 1. The lowest BCUT2D eigenvalue weighted by Crippen LogP contribution is -2.61. The minimum atomic E-state index is -1.36. The van der Waals surface area contributed by atoms with Crippen LogP contribution in [0, 0.1) is 11.3 Å². The highest BCUT2D eigenvalue weighted by Crippen LogP contribution is 2.56. The third-order valence-electron chi connectivity index (χ3n) is 10.8. The van der Waals surface area contributed by atoms with Crippen molar-refractivity contribution in [2.75, 3.05) is 6.54 Å². The smallest absolute Gasteiger partial charge is 0.408 e. The number of fused-ring (bicyclic) bond motifs is 2. The van der Waals surface area contributed by atoms with Crippen LogP contribution in [-0.4, -0.2) is 92.0 Å². The molecule has 4 aliphatic rings. The Labute approximate surface area is 285 Å². The summed E-state index contributed by atoms with van der Waals surface area (Å²) in [6, 6.07) is -2.34. The van der Waals surface area contributed by atoms with Gasteiger partial charge in [0.2, 0.25) is 18.2 Å². The van der Waals surface area contributed by atoms with E-state index in [1.807, 2.05) is 0 Å². The number of nitrogens with one attached hydrogen (secondary N) is 2. The average molecular weight is 680 g/mol. The summed E-state index contributed by atoms with van der Waals surface area (Å²) in [5, 5.41) is 28.9. The highest BCUT2D eigenvalue weighted by Gasteiger charge is 2.51. The van der Waals surface area contributed by atoms with E-state index >= 15 is 0 Å². The van der Waals surface area contributed by atoms with Gasteiger partial charge in [0.1, 0.15) is 23.3 Å². The van der Waals surface area contributed by atoms with Crippen molar-refractivity contribution in [3.8, 4) is 0 Å². The molecule has 1 aliphatic heterocycles. The fourth-order valence-electron chi connectivity index (χ4n) is 8.35. The van der Waals surface area contributed by atoms with Crippen molar-refractivity contribution in [2.24, 2.45) is 28.6 Å². The normalized spacial score (nSPS) is 28.1. The maximum Gasteiger partial charge on any atom is 0.408 e. The van der Waals surface area contributed by atoms with Gasteiger partial charge in [0.25, 0.3) is 0 Å². The number of hydrogen-bond acceptors (Lipinski definition) is 10. The number of rotatable bonds is 10. The van der Waals surface area contributed by atoms with Crippen molar-refractivity contribution in [1.82, 2.24) is 20.5 Å². The first-order chi connectivity index (χ1) is 22.3. The molecule has 274 valence electrons. The molecule has 4 atom stereocenters. The second-order valence-electron chi connectivity index (χ2n) is 16.0. The van der Waals surface area contributed by atoms with Crippen LogP contribution in [0.15, 0.2) is 11.9 Å². The number of amides is 4. The lowest BCUT2D eigenvalue weighted by Gasteiger charge is -2.42. The lowest BCUT2D eigenvalue weighted by atomic mass is 9.77. The Morgan fingerprint density at radius 3 is 2.10 bits per heavy atom. The summed E-state index contributed by atoms with van der Waals surface area (Å²) in [5.74, 6) is 6.46. The highest BCUT2D eigenvalue weighted by atomic mass is 16.6. The van der Waals surface area contributed by atoms with Crippen LogP contribution >= 0.6 is 0 Å². The first-order valence-electron chi connectivity index (χ1n) is 17.4. The predicted octanol–water partition coefficient (Wildman–Crippen LogP) is 1.87. The number of ether oxygens (including phenoxy) is 1. The molecule has 0 aromatic rings. The number of hydrazine groups is 1. The van der Waals surface area contributed by atoms with E-state index in [-0.39, 0.29) is 42.3 Å². The SMILES string of the molecule is CC(O)C1(NC(=O)C2CC(N(N)/C(=C\N)C(C)(C)O)CN2C(=O)C(CC23CCC(CC2)C3)NC(=O)OC(C)(C)C)CCCCC1.NC=O. The molecule has 1 heterocycles. The largest absolute Gasteiger partial charge is 0.444 e. The van der Waals surface area contributed by atoms with Crippen LogP contribution < -0.4 is 27.9 Å². The summed E-state index contributed by atoms with van der Waals surface area (Å²) >= 11 is 0. The van der Waals surface area contributed by atoms with Crippen molar-refractivity contribution in [3.63, 3.8) is 0 Å². The molecule has 48 heavy (non-hydrogen) atoms. The van der Waals surface area contributed by atoms with Gasteiger partial charge in [-0.1, -0.05) is 19.3 Å². The minimum absolute atomic E-state index is 0.0361. The number of nitrogens with two attached hydrogens (primary N) is 3. The number of primary amides is 1. The maximum atomic E-state index is 14.6. The van der Waals surface area contributed by atoms with E-state index in [2.05, 4.69) is 16.4 Å². The van der Waals surface area contributed by atoms with Crippen molar-refractivity contribution >= 4 is 24.3 Å². The summed E-state index contributed by atoms with van der Waals surface area (Å²) in [6.45, 7) is 10.2. The molecule has 14 heteroatoms. The Hall–Kier alpha value is -3.10. The van der Waals surface area contributed by atoms with Gasteiger partial charge in [0.15, 0.2) is 0 Å². The van der Waals surface area contributed by atoms with Crippen molar-refractivity contribution in [2.45, 2.75) is 160 Å². The van der Waals surface area contributed by atoms with E-state index in [1.54, 1.807) is 41.5 Å². The number of alkyl carbamates (subject to hydrolysis) is 1. The van der Waals surface area contributed by atoms with Crippen molar-refractivity contribution in [3.05, 3.63) is 11.9 Å². The van der Waals surface area contributed by atoms with E-state index in [0.717, 1.165) is 51.4 Å². The van der Waals surface area contributed by atoms with Crippen molar-refractivity contribution < 1.29 is 34.1 Å². The van der Waals surface area contributed by atoms with Gasteiger partial charge in [-0.2, -0.15) is 0 Å². The van der Waals surface area contributed by atoms with Crippen LogP contribution in [0.4, 0.5) is 4.79 Å². The quantitative estimate of drug-likeness (QED) is 0.101. The van der Waals surface area contributed by atoms with Crippen LogP contribution in [0.3, 0.4) is 0 Å². The zero-order valence-electron chi connectivity index (χ0n) is 29.8. The van der Waals surface area contributed by atoms with Crippen LogP contribution in [0.5, 0.6) is 0 Å². The molecule has 14 nitrogen and oxygen atoms in total. The van der Waals surface area contributed by atoms with Gasteiger partial charge in [0.05, 0.1) is 23.4 Å². The zero-order valence-corrected chi connectivity index (χ0v) is 29.8. The number of aliphatic hydroxyl groups is 2. The summed E-state index contributed by atoms with van der Waals surface area (Å²) in [4.78, 5) is 52.0. The second kappa shape index (κ2) is 15.6. The number of hydrogen-bond donors (Lipinski definition) is 7. The fourth-order valence-corrected chi connectivity index (χ4v) is 8.35. The highest BCUT2D eigenvalue weighted by molar-refractivity contribution is 5.92. The molecular weight excluding hydrogens is 618 g/mol. The van der Waals surface area contributed by atoms with E-state index in [0.29, 0.717) is 25.2 Å². The van der Waals surface area contributed by atoms with Crippen LogP contribution in [0.2, 0.25) is 0 Å². The van der Waals surface area contributed by atoms with Gasteiger partial charge in [-0.25, -0.2) is 10.6 Å². The summed E-state index contributed by atoms with van der Waals surface area (Å²) in [5.41, 5.74) is 7.38. The molecule has 0 aromatic heterocycles. The lowest BCUT2D eigenvalue weighted by molar-refractivity contribution is -0.142. The molecular formula is C34H61N7O7. The molecule has 3 saturated carbocycles. The van der Waals surface area contributed by atoms with Crippen LogP contribution in [-0.2, 0) is 19.1 Å². The Morgan fingerprint density at radius 2 is 1.65 bits per heavy atom. The molecule has 10 N–H and O–H groups in total. The molecule has 1 saturated heterocycles. The Morgan fingerprint density at radius 1 is 1.06 bits per heavy atom. The number of nitrogens with zero attached hydrogens (tertiary/aromatic N) is 2. The molecule has 0 spiro atoms. The molecule has 4 amide bonds. The number of carbonyl (C=O) groups excluding carboxylic acids is 4. The first-order valence-corrected chi connectivity index (χ1v) is 17.4. The topological polar surface area (TPSA) is 227 Å². The van der Waals surface area contributed by atoms with Crippen molar-refractivity contribution in [1.29, 1.82) is 0 Å². The first kappa shape index (κ1) is 39.3. The van der Waals surface area contributed by atoms with Gasteiger partial charge in [-0.05, 0) is 104 Å². The molecule has 2 bridgehead atoms. The third kappa shape index (κ3) is 9.53. The Balaban J connectivity index is 0.00000201. The molecule has 3 aliphatic carbocycles. The van der Waals surface area contributed by atoms with Crippen LogP contribution in [0.1, 0.15) is 119 Å². The summed E-state index contributed by atoms with van der Waals surface area (Å²) < 4.78 is 5.57. The number of aliphatic hydroxyl groups excluding tert-OH is 1. The average Bonchev–Trinajstić information content (AvgIpc) is 3.71. The monoisotopic (exact) mass is 679 g/mol. The number of carbonyl (C=O) groups is 4. The van der Waals surface area contributed by atoms with E-state index in [9.17, 15) is 24.6 Å². The molecule has 4 unspecified atom stereocenters. The standard InChI is InChI=1S/C33H58N6O6.CH3NO/c1-21(40)33(12-8-7-9-13-33)37-27(41)25-16-23(39(35)26(19-34)31(5,6)44)20-38(25)28(42)24(36-29(43)45-30(2,3)4)18-32-14-10-22(17-32)11-15-32;2-1-3/h19,21-25,40,44H,7-18,20,34-35H2,1-6H3,(H,36,43)(H,37,41);1H,(H2,2,3)/b26-19-;. The second-order valence-corrected chi connectivity index (χ2v) is 16.0. The zero-order chi connectivity index (χ0) is 36.1. The van der Waals surface area contributed by atoms with E-state index in [1.165, 1.54) is 16.1 Å². The van der Waals surface area contributed by atoms with Gasteiger partial charge < -0.3 is 47.0 Å². The molecule has 0 aromatic carbocycles. The predicted molar refractivity (Wildman–Crippen MR) is 181 cm³/mol. The third-order valence-corrected chi connectivity index (χ3v) is 10.8. The minimum Gasteiger partial charge on any atom is -0.444 e. The summed E-state index contributed by atoms with van der Waals surface area (Å²) in [6.07, 6.45) is 10.1. The van der Waals surface area contributed by atoms with Crippen LogP contribution in [0.25, 0.3) is 0 Å². The van der Waals surface area contributed by atoms with Gasteiger partial charge >= 0.3 is 6.09 Å². The maximum absolute atomic E-state index is 14.6. The molecule has 4 rings (SSSR count). The Bertz CT molecular complexity index is 1170. The molecule has 4 fully saturated rings. The van der Waals surface area contributed by atoms with E-state index < -0.39 is 47.1 Å². The van der Waals surface area contributed by atoms with Gasteiger partial charge in [0, 0.05) is 19.2 Å². The van der Waals surface area contributed by atoms with Gasteiger partial charge in [-0.15, -0.1) is 0 Å². The Kier molecular flexibility index (Phi) is 12.8.